The molecule has 0 fully saturated rings. The van der Waals surface area contributed by atoms with E-state index >= 15 is 0 Å². The quantitative estimate of drug-likeness (QED) is 0.925. The van der Waals surface area contributed by atoms with Crippen LogP contribution in [0.3, 0.4) is 0 Å². The topological polar surface area (TPSA) is 71.8 Å². The minimum absolute atomic E-state index is 0.223. The second-order valence-corrected chi connectivity index (χ2v) is 5.86. The van der Waals surface area contributed by atoms with E-state index in [0.717, 1.165) is 0 Å². The number of nitrogens with one attached hydrogen (secondary N) is 1. The van der Waals surface area contributed by atoms with Crippen molar-refractivity contribution in [3.05, 3.63) is 34.1 Å². The van der Waals surface area contributed by atoms with Gasteiger partial charge >= 0.3 is 12.1 Å². The average Bonchev–Trinajstić information content (AvgIpc) is 2.79. The summed E-state index contributed by atoms with van der Waals surface area (Å²) in [6.45, 7) is 5.75. The molecule has 2 heterocycles. The number of hydrogen-bond acceptors (Lipinski definition) is 4. The number of alkyl halides is 3. The van der Waals surface area contributed by atoms with Crippen molar-refractivity contribution in [3.63, 3.8) is 0 Å². The first-order valence-corrected chi connectivity index (χ1v) is 6.20. The van der Waals surface area contributed by atoms with Gasteiger partial charge in [0.15, 0.2) is 0 Å². The van der Waals surface area contributed by atoms with E-state index in [0.29, 0.717) is 12.0 Å². The highest BCUT2D eigenvalue weighted by Gasteiger charge is 2.38. The zero-order chi connectivity index (χ0) is 15.8. The van der Waals surface area contributed by atoms with Crippen molar-refractivity contribution in [1.29, 1.82) is 0 Å². The SMILES string of the molecule is CC(C)(C)Cc1c(-c2noc(C(F)(F)F)n2)cc[nH]c1=O. The van der Waals surface area contributed by atoms with Crippen molar-refractivity contribution in [3.8, 4) is 11.4 Å². The maximum atomic E-state index is 12.5. The van der Waals surface area contributed by atoms with Crippen molar-refractivity contribution in [2.24, 2.45) is 5.41 Å². The first kappa shape index (κ1) is 15.3. The summed E-state index contributed by atoms with van der Waals surface area (Å²) in [5, 5.41) is 3.33. The lowest BCUT2D eigenvalue weighted by Crippen LogP contribution is -2.20. The number of halogens is 3. The molecule has 21 heavy (non-hydrogen) atoms. The van der Waals surface area contributed by atoms with Crippen LogP contribution >= 0.6 is 0 Å². The van der Waals surface area contributed by atoms with Crippen LogP contribution in [0.25, 0.3) is 11.4 Å². The molecule has 114 valence electrons. The van der Waals surface area contributed by atoms with Crippen LogP contribution in [0.15, 0.2) is 21.6 Å². The minimum atomic E-state index is -4.71. The molecule has 0 aliphatic rings. The van der Waals surface area contributed by atoms with Crippen molar-refractivity contribution in [1.82, 2.24) is 15.1 Å². The highest BCUT2D eigenvalue weighted by atomic mass is 19.4. The lowest BCUT2D eigenvalue weighted by atomic mass is 9.87. The fraction of sp³-hybridized carbons (Fsp3) is 0.462. The minimum Gasteiger partial charge on any atom is -0.329 e. The van der Waals surface area contributed by atoms with Gasteiger partial charge in [-0.3, -0.25) is 4.79 Å². The Morgan fingerprint density at radius 2 is 1.95 bits per heavy atom. The Morgan fingerprint density at radius 3 is 2.48 bits per heavy atom. The summed E-state index contributed by atoms with van der Waals surface area (Å²) < 4.78 is 41.7. The molecule has 0 aliphatic heterocycles. The Morgan fingerprint density at radius 1 is 1.29 bits per heavy atom. The van der Waals surface area contributed by atoms with E-state index in [9.17, 15) is 18.0 Å². The molecule has 0 spiro atoms. The van der Waals surface area contributed by atoms with Gasteiger partial charge in [-0.25, -0.2) is 0 Å². The number of aromatic nitrogens is 3. The van der Waals surface area contributed by atoms with Crippen LogP contribution in [0.1, 0.15) is 32.2 Å². The molecule has 0 saturated carbocycles. The highest BCUT2D eigenvalue weighted by Crippen LogP contribution is 2.30. The van der Waals surface area contributed by atoms with Crippen molar-refractivity contribution in [2.45, 2.75) is 33.4 Å². The predicted molar refractivity (Wildman–Crippen MR) is 68.5 cm³/mol. The zero-order valence-electron chi connectivity index (χ0n) is 11.7. The van der Waals surface area contributed by atoms with Crippen LogP contribution in [-0.2, 0) is 12.6 Å². The average molecular weight is 301 g/mol. The zero-order valence-corrected chi connectivity index (χ0v) is 11.7. The summed E-state index contributed by atoms with van der Waals surface area (Å²) in [6, 6.07) is 1.47. The van der Waals surface area contributed by atoms with Crippen LogP contribution in [-0.4, -0.2) is 15.1 Å². The Labute approximate surface area is 118 Å². The van der Waals surface area contributed by atoms with Gasteiger partial charge in [-0.2, -0.15) is 18.2 Å². The molecular weight excluding hydrogens is 287 g/mol. The Kier molecular flexibility index (Phi) is 3.65. The van der Waals surface area contributed by atoms with Crippen LogP contribution in [0, 0.1) is 5.41 Å². The second kappa shape index (κ2) is 5.01. The smallest absolute Gasteiger partial charge is 0.329 e. The largest absolute Gasteiger partial charge is 0.471 e. The van der Waals surface area contributed by atoms with E-state index in [4.69, 9.17) is 0 Å². The third-order valence-electron chi connectivity index (χ3n) is 2.68. The standard InChI is InChI=1S/C13H14F3N3O2/c1-12(2,3)6-8-7(4-5-17-10(8)20)9-18-11(21-19-9)13(14,15)16/h4-5H,6H2,1-3H3,(H,17,20). The second-order valence-electron chi connectivity index (χ2n) is 5.86. The number of nitrogens with zero attached hydrogens (tertiary/aromatic N) is 2. The van der Waals surface area contributed by atoms with E-state index in [2.05, 4.69) is 19.6 Å². The Balaban J connectivity index is 2.52. The number of rotatable bonds is 2. The van der Waals surface area contributed by atoms with Gasteiger partial charge in [-0.1, -0.05) is 25.9 Å². The van der Waals surface area contributed by atoms with E-state index in [-0.39, 0.29) is 22.4 Å². The summed E-state index contributed by atoms with van der Waals surface area (Å²) in [6.07, 6.45) is -3.00. The van der Waals surface area contributed by atoms with Gasteiger partial charge < -0.3 is 9.51 Å². The maximum absolute atomic E-state index is 12.5. The summed E-state index contributed by atoms with van der Waals surface area (Å²) in [7, 11) is 0. The number of aromatic amines is 1. The van der Waals surface area contributed by atoms with Crippen LogP contribution < -0.4 is 5.56 Å². The van der Waals surface area contributed by atoms with Crippen molar-refractivity contribution in [2.75, 3.05) is 0 Å². The van der Waals surface area contributed by atoms with E-state index in [1.165, 1.54) is 12.3 Å². The molecular formula is C13H14F3N3O2. The van der Waals surface area contributed by atoms with Gasteiger partial charge in [0.1, 0.15) is 0 Å². The Bertz CT molecular complexity index is 696. The van der Waals surface area contributed by atoms with E-state index < -0.39 is 12.1 Å². The highest BCUT2D eigenvalue weighted by molar-refractivity contribution is 5.58. The van der Waals surface area contributed by atoms with E-state index in [1.807, 2.05) is 20.8 Å². The fourth-order valence-electron chi connectivity index (χ4n) is 1.87. The van der Waals surface area contributed by atoms with Gasteiger partial charge in [-0.15, -0.1) is 0 Å². The van der Waals surface area contributed by atoms with Crippen molar-refractivity contribution >= 4 is 0 Å². The third-order valence-corrected chi connectivity index (χ3v) is 2.68. The molecule has 2 rings (SSSR count). The molecule has 0 bridgehead atoms. The van der Waals surface area contributed by atoms with Crippen LogP contribution in [0.2, 0.25) is 0 Å². The molecule has 8 heteroatoms. The molecule has 5 nitrogen and oxygen atoms in total. The molecule has 0 aromatic carbocycles. The molecule has 0 amide bonds. The molecule has 1 N–H and O–H groups in total. The summed E-state index contributed by atoms with van der Waals surface area (Å²) in [5.41, 5.74) is -0.0205. The molecule has 0 radical (unpaired) electrons. The van der Waals surface area contributed by atoms with Gasteiger partial charge in [-0.05, 0) is 17.9 Å². The normalized spacial score (nSPS) is 12.7. The number of hydrogen-bond donors (Lipinski definition) is 1. The number of pyridine rings is 1. The van der Waals surface area contributed by atoms with Gasteiger partial charge in [0.2, 0.25) is 5.82 Å². The third kappa shape index (κ3) is 3.50. The molecule has 0 atom stereocenters. The van der Waals surface area contributed by atoms with Gasteiger partial charge in [0, 0.05) is 17.3 Å². The lowest BCUT2D eigenvalue weighted by Gasteiger charge is -2.18. The van der Waals surface area contributed by atoms with Crippen molar-refractivity contribution < 1.29 is 17.7 Å². The molecule has 2 aromatic rings. The first-order valence-electron chi connectivity index (χ1n) is 6.20. The molecule has 2 aromatic heterocycles. The first-order chi connectivity index (χ1) is 9.58. The summed E-state index contributed by atoms with van der Waals surface area (Å²) in [4.78, 5) is 17.8. The van der Waals surface area contributed by atoms with Crippen LogP contribution in [0.5, 0.6) is 0 Å². The fourth-order valence-corrected chi connectivity index (χ4v) is 1.87. The monoisotopic (exact) mass is 301 g/mol. The Hall–Kier alpha value is -2.12. The predicted octanol–water partition coefficient (Wildman–Crippen LogP) is 3.03. The maximum Gasteiger partial charge on any atom is 0.471 e. The number of H-pyrrole nitrogens is 1. The summed E-state index contributed by atoms with van der Waals surface area (Å²) in [5.74, 6) is -1.67. The molecule has 0 aliphatic carbocycles. The molecule has 0 saturated heterocycles. The van der Waals surface area contributed by atoms with Gasteiger partial charge in [0.25, 0.3) is 5.56 Å². The van der Waals surface area contributed by atoms with Gasteiger partial charge in [0.05, 0.1) is 0 Å². The van der Waals surface area contributed by atoms with E-state index in [1.54, 1.807) is 0 Å². The van der Waals surface area contributed by atoms with Crippen LogP contribution in [0.4, 0.5) is 13.2 Å². The lowest BCUT2D eigenvalue weighted by molar-refractivity contribution is -0.159. The summed E-state index contributed by atoms with van der Waals surface area (Å²) >= 11 is 0. The molecule has 0 unspecified atom stereocenters.